The van der Waals surface area contributed by atoms with Crippen LogP contribution < -0.4 is 0 Å². The fraction of sp³-hybridized carbons (Fsp3) is 0.538. The van der Waals surface area contributed by atoms with Gasteiger partial charge in [-0.15, -0.1) is 5.92 Å². The number of hydrogen-bond acceptors (Lipinski definition) is 3. The molecule has 1 atom stereocenters. The van der Waals surface area contributed by atoms with Gasteiger partial charge < -0.3 is 4.74 Å². The minimum atomic E-state index is -0.627. The van der Waals surface area contributed by atoms with Gasteiger partial charge in [-0.2, -0.15) is 0 Å². The average Bonchev–Trinajstić information content (AvgIpc) is 2.61. The van der Waals surface area contributed by atoms with Crippen molar-refractivity contribution in [2.45, 2.75) is 33.1 Å². The van der Waals surface area contributed by atoms with Crippen LogP contribution in [0.15, 0.2) is 11.6 Å². The van der Waals surface area contributed by atoms with Gasteiger partial charge in [-0.05, 0) is 13.3 Å². The van der Waals surface area contributed by atoms with E-state index in [4.69, 9.17) is 4.74 Å². The maximum atomic E-state index is 11.8. The lowest BCUT2D eigenvalue weighted by molar-refractivity contribution is -0.150. The van der Waals surface area contributed by atoms with Gasteiger partial charge >= 0.3 is 5.97 Å². The molecule has 0 spiro atoms. The van der Waals surface area contributed by atoms with E-state index in [2.05, 4.69) is 11.8 Å². The Balaban J connectivity index is 2.55. The van der Waals surface area contributed by atoms with Crippen molar-refractivity contribution < 1.29 is 14.3 Å². The third kappa shape index (κ3) is 2.96. The molecule has 1 rings (SSSR count). The van der Waals surface area contributed by atoms with Crippen molar-refractivity contribution in [1.82, 2.24) is 0 Å². The van der Waals surface area contributed by atoms with Gasteiger partial charge in [-0.25, -0.2) is 0 Å². The van der Waals surface area contributed by atoms with Crippen LogP contribution in [0.25, 0.3) is 0 Å². The zero-order valence-electron chi connectivity index (χ0n) is 9.71. The van der Waals surface area contributed by atoms with E-state index >= 15 is 0 Å². The van der Waals surface area contributed by atoms with Gasteiger partial charge in [0, 0.05) is 18.4 Å². The SMILES string of the molecule is CCC#CCC1=CCC(C(=O)OCC)C1=O. The Morgan fingerprint density at radius 2 is 2.25 bits per heavy atom. The third-order valence-corrected chi connectivity index (χ3v) is 2.38. The normalized spacial score (nSPS) is 18.8. The molecule has 0 aromatic carbocycles. The molecule has 3 heteroatoms. The van der Waals surface area contributed by atoms with Gasteiger partial charge in [0.2, 0.25) is 0 Å². The molecule has 0 aromatic heterocycles. The molecule has 0 aliphatic heterocycles. The third-order valence-electron chi connectivity index (χ3n) is 2.38. The van der Waals surface area contributed by atoms with Crippen molar-refractivity contribution in [2.75, 3.05) is 6.61 Å². The number of allylic oxidation sites excluding steroid dienone is 2. The Labute approximate surface area is 95.9 Å². The van der Waals surface area contributed by atoms with Gasteiger partial charge in [0.15, 0.2) is 5.78 Å². The lowest BCUT2D eigenvalue weighted by Gasteiger charge is -2.07. The quantitative estimate of drug-likeness (QED) is 0.414. The second-order valence-corrected chi connectivity index (χ2v) is 3.52. The second kappa shape index (κ2) is 6.12. The highest BCUT2D eigenvalue weighted by Crippen LogP contribution is 2.24. The number of hydrogen-bond donors (Lipinski definition) is 0. The van der Waals surface area contributed by atoms with Crippen LogP contribution in [0.2, 0.25) is 0 Å². The van der Waals surface area contributed by atoms with E-state index in [1.165, 1.54) is 0 Å². The molecule has 1 aliphatic rings. The highest BCUT2D eigenvalue weighted by Gasteiger charge is 2.33. The van der Waals surface area contributed by atoms with E-state index < -0.39 is 11.9 Å². The predicted molar refractivity (Wildman–Crippen MR) is 60.5 cm³/mol. The molecule has 16 heavy (non-hydrogen) atoms. The number of ether oxygens (including phenoxy) is 1. The van der Waals surface area contributed by atoms with Crippen molar-refractivity contribution in [3.63, 3.8) is 0 Å². The summed E-state index contributed by atoms with van der Waals surface area (Å²) < 4.78 is 4.84. The van der Waals surface area contributed by atoms with E-state index in [9.17, 15) is 9.59 Å². The molecule has 0 saturated heterocycles. The summed E-state index contributed by atoms with van der Waals surface area (Å²) in [6.45, 7) is 4.01. The van der Waals surface area contributed by atoms with Crippen LogP contribution in [-0.4, -0.2) is 18.4 Å². The highest BCUT2D eigenvalue weighted by molar-refractivity contribution is 6.10. The van der Waals surface area contributed by atoms with Crippen molar-refractivity contribution >= 4 is 11.8 Å². The van der Waals surface area contributed by atoms with Crippen LogP contribution in [0.1, 0.15) is 33.1 Å². The Hall–Kier alpha value is -1.56. The van der Waals surface area contributed by atoms with E-state index in [-0.39, 0.29) is 5.78 Å². The topological polar surface area (TPSA) is 43.4 Å². The number of rotatable bonds is 3. The van der Waals surface area contributed by atoms with E-state index in [1.54, 1.807) is 13.0 Å². The molecule has 3 nitrogen and oxygen atoms in total. The molecule has 1 aliphatic carbocycles. The largest absolute Gasteiger partial charge is 0.465 e. The summed E-state index contributed by atoms with van der Waals surface area (Å²) in [5.74, 6) is 4.65. The van der Waals surface area contributed by atoms with Crippen molar-refractivity contribution in [3.05, 3.63) is 11.6 Å². The van der Waals surface area contributed by atoms with Crippen LogP contribution in [0, 0.1) is 17.8 Å². The Kier molecular flexibility index (Phi) is 4.78. The molecular formula is C13H16O3. The monoisotopic (exact) mass is 220 g/mol. The fourth-order valence-electron chi connectivity index (χ4n) is 1.58. The first-order valence-electron chi connectivity index (χ1n) is 5.56. The minimum Gasteiger partial charge on any atom is -0.465 e. The molecule has 0 N–H and O–H groups in total. The smallest absolute Gasteiger partial charge is 0.317 e. The number of esters is 1. The summed E-state index contributed by atoms with van der Waals surface area (Å²) in [4.78, 5) is 23.2. The Bertz CT molecular complexity index is 368. The van der Waals surface area contributed by atoms with Crippen molar-refractivity contribution in [2.24, 2.45) is 5.92 Å². The van der Waals surface area contributed by atoms with Gasteiger partial charge in [0.1, 0.15) is 5.92 Å². The summed E-state index contributed by atoms with van der Waals surface area (Å²) in [6, 6.07) is 0. The average molecular weight is 220 g/mol. The van der Waals surface area contributed by atoms with Crippen LogP contribution in [0.5, 0.6) is 0 Å². The van der Waals surface area contributed by atoms with Crippen LogP contribution in [0.4, 0.5) is 0 Å². The summed E-state index contributed by atoms with van der Waals surface area (Å²) >= 11 is 0. The number of carbonyl (C=O) groups excluding carboxylic acids is 2. The molecule has 0 saturated carbocycles. The summed E-state index contributed by atoms with van der Waals surface area (Å²) in [7, 11) is 0. The summed E-state index contributed by atoms with van der Waals surface area (Å²) in [5.41, 5.74) is 0.652. The van der Waals surface area contributed by atoms with Gasteiger partial charge in [0.05, 0.1) is 6.61 Å². The molecular weight excluding hydrogens is 204 g/mol. The predicted octanol–water partition coefficient (Wildman–Crippen LogP) is 1.87. The Morgan fingerprint density at radius 1 is 1.50 bits per heavy atom. The lowest BCUT2D eigenvalue weighted by Crippen LogP contribution is -2.23. The summed E-state index contributed by atoms with van der Waals surface area (Å²) in [5, 5.41) is 0. The molecule has 0 bridgehead atoms. The maximum Gasteiger partial charge on any atom is 0.317 e. The van der Waals surface area contributed by atoms with E-state index in [0.29, 0.717) is 25.0 Å². The fourth-order valence-corrected chi connectivity index (χ4v) is 1.58. The standard InChI is InChI=1S/C13H16O3/c1-3-5-6-7-10-8-9-11(12(10)14)13(15)16-4-2/h8,11H,3-4,7,9H2,1-2H3. The van der Waals surface area contributed by atoms with Crippen molar-refractivity contribution in [1.29, 1.82) is 0 Å². The zero-order valence-corrected chi connectivity index (χ0v) is 9.71. The maximum absolute atomic E-state index is 11.8. The second-order valence-electron chi connectivity index (χ2n) is 3.52. The molecule has 86 valence electrons. The minimum absolute atomic E-state index is 0.121. The molecule has 0 aromatic rings. The molecule has 1 unspecified atom stereocenters. The van der Waals surface area contributed by atoms with Gasteiger partial charge in [-0.1, -0.05) is 18.9 Å². The molecule has 0 fully saturated rings. The number of carbonyl (C=O) groups is 2. The summed E-state index contributed by atoms with van der Waals surface area (Å²) in [6.07, 6.45) is 3.49. The first-order chi connectivity index (χ1) is 7.70. The van der Waals surface area contributed by atoms with E-state index in [0.717, 1.165) is 6.42 Å². The highest BCUT2D eigenvalue weighted by atomic mass is 16.5. The van der Waals surface area contributed by atoms with E-state index in [1.807, 2.05) is 6.92 Å². The first kappa shape index (κ1) is 12.5. The van der Waals surface area contributed by atoms with Crippen LogP contribution in [-0.2, 0) is 14.3 Å². The molecule has 0 heterocycles. The molecule has 0 amide bonds. The first-order valence-corrected chi connectivity index (χ1v) is 5.56. The Morgan fingerprint density at radius 3 is 2.88 bits per heavy atom. The number of ketones is 1. The van der Waals surface area contributed by atoms with Gasteiger partial charge in [0.25, 0.3) is 0 Å². The van der Waals surface area contributed by atoms with Gasteiger partial charge in [-0.3, -0.25) is 9.59 Å². The van der Waals surface area contributed by atoms with Crippen LogP contribution in [0.3, 0.4) is 0 Å². The number of Topliss-reactive ketones (excluding diaryl/α,β-unsaturated/α-hetero) is 1. The van der Waals surface area contributed by atoms with Crippen LogP contribution >= 0.6 is 0 Å². The zero-order chi connectivity index (χ0) is 12.0. The van der Waals surface area contributed by atoms with Crippen molar-refractivity contribution in [3.8, 4) is 11.8 Å². The lowest BCUT2D eigenvalue weighted by atomic mass is 10.0. The molecule has 0 radical (unpaired) electrons.